The largest absolute Gasteiger partial charge is 0.490 e. The fourth-order valence-corrected chi connectivity index (χ4v) is 4.59. The van der Waals surface area contributed by atoms with Crippen molar-refractivity contribution in [2.45, 2.75) is 57.4 Å². The summed E-state index contributed by atoms with van der Waals surface area (Å²) < 4.78 is 12.3. The maximum absolute atomic E-state index is 13.3. The normalized spacial score (nSPS) is 21.2. The molecule has 0 bridgehead atoms. The van der Waals surface area contributed by atoms with Crippen LogP contribution in [0.4, 0.5) is 10.5 Å². The Labute approximate surface area is 211 Å². The quantitative estimate of drug-likeness (QED) is 0.547. The van der Waals surface area contributed by atoms with Crippen LogP contribution in [-0.2, 0) is 16.1 Å². The molecule has 2 heterocycles. The highest BCUT2D eigenvalue weighted by molar-refractivity contribution is 5.99. The van der Waals surface area contributed by atoms with E-state index in [4.69, 9.17) is 9.47 Å². The van der Waals surface area contributed by atoms with Gasteiger partial charge >= 0.3 is 6.03 Å². The molecule has 0 spiro atoms. The van der Waals surface area contributed by atoms with Crippen LogP contribution in [0.5, 0.6) is 5.75 Å². The van der Waals surface area contributed by atoms with E-state index in [2.05, 4.69) is 16.0 Å². The van der Waals surface area contributed by atoms with Gasteiger partial charge in [0, 0.05) is 25.8 Å². The number of hydrogen-bond acceptors (Lipinski definition) is 5. The van der Waals surface area contributed by atoms with Crippen LogP contribution in [0.1, 0.15) is 48.5 Å². The average Bonchev–Trinajstić information content (AvgIpc) is 2.89. The summed E-state index contributed by atoms with van der Waals surface area (Å²) in [6.07, 6.45) is 1.90. The van der Waals surface area contributed by atoms with Crippen molar-refractivity contribution in [2.24, 2.45) is 0 Å². The molecule has 192 valence electrons. The lowest BCUT2D eigenvalue weighted by Crippen LogP contribution is -2.53. The first-order valence-electron chi connectivity index (χ1n) is 12.5. The van der Waals surface area contributed by atoms with Gasteiger partial charge in [-0.3, -0.25) is 9.59 Å². The highest BCUT2D eigenvalue weighted by Crippen LogP contribution is 2.32. The number of fused-ring (bicyclic) bond motifs is 2. The molecular formula is C27H34N4O5. The van der Waals surface area contributed by atoms with E-state index in [1.807, 2.05) is 37.3 Å². The maximum atomic E-state index is 13.3. The summed E-state index contributed by atoms with van der Waals surface area (Å²) in [5.41, 5.74) is 1.96. The molecule has 2 aromatic carbocycles. The first-order valence-corrected chi connectivity index (χ1v) is 12.5. The molecule has 4 rings (SSSR count). The van der Waals surface area contributed by atoms with Crippen LogP contribution in [0.3, 0.4) is 0 Å². The fourth-order valence-electron chi connectivity index (χ4n) is 4.59. The number of amides is 4. The van der Waals surface area contributed by atoms with Crippen LogP contribution < -0.4 is 20.7 Å². The van der Waals surface area contributed by atoms with Crippen molar-refractivity contribution in [3.05, 3.63) is 59.7 Å². The van der Waals surface area contributed by atoms with E-state index >= 15 is 0 Å². The standard InChI is InChI=1S/C27H34N4O5/c1-3-13-28-27(34)30-19-9-12-23-21(14-19)26(33)31(2)22-11-10-20(36-24(22)17-35-23)15-25(32)29-16-18-7-5-4-6-8-18/h4-9,12,14,20,22,24H,3,10-11,13,15-17H2,1-2H3,(H,29,32)(H2,28,30,34)/t20-,22+,24+/m1/s1. The molecule has 0 saturated carbocycles. The number of nitrogens with zero attached hydrogens (tertiary/aromatic N) is 1. The summed E-state index contributed by atoms with van der Waals surface area (Å²) in [7, 11) is 1.76. The van der Waals surface area contributed by atoms with Crippen molar-refractivity contribution in [1.82, 2.24) is 15.5 Å². The smallest absolute Gasteiger partial charge is 0.319 e. The summed E-state index contributed by atoms with van der Waals surface area (Å²) >= 11 is 0. The number of urea groups is 1. The predicted molar refractivity (Wildman–Crippen MR) is 136 cm³/mol. The number of benzene rings is 2. The van der Waals surface area contributed by atoms with Gasteiger partial charge in [-0.1, -0.05) is 37.3 Å². The van der Waals surface area contributed by atoms with Gasteiger partial charge in [-0.25, -0.2) is 4.79 Å². The Morgan fingerprint density at radius 1 is 1.08 bits per heavy atom. The molecule has 36 heavy (non-hydrogen) atoms. The fraction of sp³-hybridized carbons (Fsp3) is 0.444. The Morgan fingerprint density at radius 2 is 1.89 bits per heavy atom. The van der Waals surface area contributed by atoms with Gasteiger partial charge in [-0.05, 0) is 43.0 Å². The Hall–Kier alpha value is -3.59. The van der Waals surface area contributed by atoms with E-state index in [0.29, 0.717) is 42.9 Å². The molecule has 0 radical (unpaired) electrons. The zero-order valence-corrected chi connectivity index (χ0v) is 20.8. The summed E-state index contributed by atoms with van der Waals surface area (Å²) in [6.45, 7) is 3.29. The second kappa shape index (κ2) is 11.9. The number of hydrogen-bond donors (Lipinski definition) is 3. The number of nitrogens with one attached hydrogen (secondary N) is 3. The summed E-state index contributed by atoms with van der Waals surface area (Å²) in [5.74, 6) is 0.183. The van der Waals surface area contributed by atoms with Crippen LogP contribution >= 0.6 is 0 Å². The lowest BCUT2D eigenvalue weighted by Gasteiger charge is -2.42. The van der Waals surface area contributed by atoms with Crippen molar-refractivity contribution in [1.29, 1.82) is 0 Å². The predicted octanol–water partition coefficient (Wildman–Crippen LogP) is 3.31. The second-order valence-corrected chi connectivity index (χ2v) is 9.23. The topological polar surface area (TPSA) is 109 Å². The van der Waals surface area contributed by atoms with Crippen LogP contribution in [0.15, 0.2) is 48.5 Å². The average molecular weight is 495 g/mol. The van der Waals surface area contributed by atoms with Gasteiger partial charge in [-0.2, -0.15) is 0 Å². The Bertz CT molecular complexity index is 1080. The van der Waals surface area contributed by atoms with Crippen LogP contribution in [-0.4, -0.2) is 61.2 Å². The van der Waals surface area contributed by atoms with E-state index in [9.17, 15) is 14.4 Å². The molecular weight excluding hydrogens is 460 g/mol. The number of rotatable bonds is 7. The number of carbonyl (C=O) groups excluding carboxylic acids is 3. The highest BCUT2D eigenvalue weighted by atomic mass is 16.5. The lowest BCUT2D eigenvalue weighted by atomic mass is 9.94. The second-order valence-electron chi connectivity index (χ2n) is 9.23. The molecule has 9 nitrogen and oxygen atoms in total. The molecule has 9 heteroatoms. The SMILES string of the molecule is CCCNC(=O)Nc1ccc2c(c1)C(=O)N(C)[C@H]1CC[C@H](CC(=O)NCc3ccccc3)O[C@H]1CO2. The Morgan fingerprint density at radius 3 is 2.67 bits per heavy atom. The molecule has 4 amide bonds. The van der Waals surface area contributed by atoms with Crippen molar-refractivity contribution in [3.8, 4) is 5.75 Å². The molecule has 0 aromatic heterocycles. The Balaban J connectivity index is 1.37. The number of anilines is 1. The third-order valence-electron chi connectivity index (χ3n) is 6.55. The van der Waals surface area contributed by atoms with Crippen molar-refractivity contribution < 1.29 is 23.9 Å². The molecule has 1 fully saturated rings. The first-order chi connectivity index (χ1) is 17.4. The van der Waals surface area contributed by atoms with E-state index in [-0.39, 0.29) is 49.1 Å². The minimum atomic E-state index is -0.342. The maximum Gasteiger partial charge on any atom is 0.319 e. The van der Waals surface area contributed by atoms with Gasteiger partial charge < -0.3 is 30.3 Å². The van der Waals surface area contributed by atoms with E-state index in [0.717, 1.165) is 12.0 Å². The van der Waals surface area contributed by atoms with Crippen molar-refractivity contribution in [3.63, 3.8) is 0 Å². The lowest BCUT2D eigenvalue weighted by molar-refractivity contribution is -0.134. The van der Waals surface area contributed by atoms with Gasteiger partial charge in [0.1, 0.15) is 18.5 Å². The zero-order chi connectivity index (χ0) is 25.5. The summed E-state index contributed by atoms with van der Waals surface area (Å²) in [4.78, 5) is 39.5. The number of carbonyl (C=O) groups is 3. The molecule has 0 aliphatic carbocycles. The number of ether oxygens (including phenoxy) is 2. The van der Waals surface area contributed by atoms with Crippen LogP contribution in [0, 0.1) is 0 Å². The van der Waals surface area contributed by atoms with E-state index in [1.54, 1.807) is 30.1 Å². The van der Waals surface area contributed by atoms with Crippen LogP contribution in [0.25, 0.3) is 0 Å². The number of likely N-dealkylation sites (N-methyl/N-ethyl adjacent to an activating group) is 1. The van der Waals surface area contributed by atoms with Gasteiger partial charge in [0.2, 0.25) is 5.91 Å². The monoisotopic (exact) mass is 494 g/mol. The molecule has 2 aliphatic rings. The minimum absolute atomic E-state index is 0.0631. The van der Waals surface area contributed by atoms with E-state index < -0.39 is 0 Å². The van der Waals surface area contributed by atoms with Crippen LogP contribution in [0.2, 0.25) is 0 Å². The summed E-state index contributed by atoms with van der Waals surface area (Å²) in [5, 5.41) is 8.46. The van der Waals surface area contributed by atoms with Gasteiger partial charge in [0.15, 0.2) is 0 Å². The zero-order valence-electron chi connectivity index (χ0n) is 20.8. The van der Waals surface area contributed by atoms with Gasteiger partial charge in [0.05, 0.1) is 24.1 Å². The van der Waals surface area contributed by atoms with Crippen molar-refractivity contribution >= 4 is 23.5 Å². The molecule has 1 saturated heterocycles. The van der Waals surface area contributed by atoms with Gasteiger partial charge in [-0.15, -0.1) is 0 Å². The van der Waals surface area contributed by atoms with Gasteiger partial charge in [0.25, 0.3) is 5.91 Å². The first kappa shape index (κ1) is 25.5. The third-order valence-corrected chi connectivity index (χ3v) is 6.55. The summed E-state index contributed by atoms with van der Waals surface area (Å²) in [6, 6.07) is 14.3. The molecule has 2 aliphatic heterocycles. The molecule has 3 atom stereocenters. The van der Waals surface area contributed by atoms with E-state index in [1.165, 1.54) is 0 Å². The molecule has 3 N–H and O–H groups in total. The Kier molecular flexibility index (Phi) is 8.43. The van der Waals surface area contributed by atoms with Crippen molar-refractivity contribution in [2.75, 3.05) is 25.5 Å². The minimum Gasteiger partial charge on any atom is -0.490 e. The molecule has 2 aromatic rings. The highest BCUT2D eigenvalue weighted by Gasteiger charge is 2.39. The third kappa shape index (κ3) is 6.34. The molecule has 0 unspecified atom stereocenters.